The average molecular weight is 329 g/mol. The predicted octanol–water partition coefficient (Wildman–Crippen LogP) is 4.25. The van der Waals surface area contributed by atoms with E-state index in [-0.39, 0.29) is 5.69 Å². The number of hydrogen-bond donors (Lipinski definition) is 0. The Morgan fingerprint density at radius 2 is 1.79 bits per heavy atom. The number of hydrogen-bond acceptors (Lipinski definition) is 1. The van der Waals surface area contributed by atoms with Gasteiger partial charge in [0.05, 0.1) is 11.3 Å². The number of rotatable bonds is 2. The fraction of sp³-hybridized carbons (Fsp3) is 0.105. The van der Waals surface area contributed by atoms with Crippen LogP contribution in [0.4, 0.5) is 18.9 Å². The van der Waals surface area contributed by atoms with Crippen LogP contribution in [0.25, 0.3) is 0 Å². The van der Waals surface area contributed by atoms with Crippen molar-refractivity contribution in [3.05, 3.63) is 77.9 Å². The standard InChI is InChI=1S/C19H14F3NO/c1-3-18(24)23(2)17-13-16(19(20,21)22)12-11-15(17)10-9-14-7-5-4-6-8-14/h3-8,11-13H,1H2,2H3. The summed E-state index contributed by atoms with van der Waals surface area (Å²) in [5.41, 5.74) is 0.287. The first-order valence-electron chi connectivity index (χ1n) is 7.01. The largest absolute Gasteiger partial charge is 0.416 e. The average Bonchev–Trinajstić information content (AvgIpc) is 2.58. The van der Waals surface area contributed by atoms with Crippen molar-refractivity contribution in [2.75, 3.05) is 11.9 Å². The summed E-state index contributed by atoms with van der Waals surface area (Å²) < 4.78 is 38.8. The topological polar surface area (TPSA) is 20.3 Å². The Morgan fingerprint density at radius 1 is 1.12 bits per heavy atom. The van der Waals surface area contributed by atoms with Gasteiger partial charge >= 0.3 is 6.18 Å². The molecule has 0 aliphatic heterocycles. The summed E-state index contributed by atoms with van der Waals surface area (Å²) >= 11 is 0. The zero-order valence-corrected chi connectivity index (χ0v) is 12.9. The minimum atomic E-state index is -4.50. The van der Waals surface area contributed by atoms with Crippen LogP contribution in [0, 0.1) is 11.8 Å². The SMILES string of the molecule is C=CC(=O)N(C)c1cc(C(F)(F)F)ccc1C#Cc1ccccc1. The molecule has 2 rings (SSSR count). The summed E-state index contributed by atoms with van der Waals surface area (Å²) in [7, 11) is 1.38. The first-order valence-corrected chi connectivity index (χ1v) is 7.01. The Labute approximate surface area is 138 Å². The second-order valence-corrected chi connectivity index (χ2v) is 4.95. The highest BCUT2D eigenvalue weighted by Gasteiger charge is 2.31. The van der Waals surface area contributed by atoms with E-state index in [9.17, 15) is 18.0 Å². The van der Waals surface area contributed by atoms with E-state index in [0.29, 0.717) is 5.56 Å². The number of benzene rings is 2. The summed E-state index contributed by atoms with van der Waals surface area (Å²) in [6.07, 6.45) is -3.47. The Hall–Kier alpha value is -3.00. The number of amides is 1. The maximum Gasteiger partial charge on any atom is 0.416 e. The van der Waals surface area contributed by atoms with Gasteiger partial charge in [-0.15, -0.1) is 0 Å². The highest BCUT2D eigenvalue weighted by Crippen LogP contribution is 2.33. The highest BCUT2D eigenvalue weighted by atomic mass is 19.4. The van der Waals surface area contributed by atoms with Crippen molar-refractivity contribution in [2.24, 2.45) is 0 Å². The van der Waals surface area contributed by atoms with E-state index in [0.717, 1.165) is 28.7 Å². The molecule has 0 saturated carbocycles. The van der Waals surface area contributed by atoms with E-state index in [1.54, 1.807) is 12.1 Å². The van der Waals surface area contributed by atoms with Crippen LogP contribution in [-0.4, -0.2) is 13.0 Å². The third-order valence-electron chi connectivity index (χ3n) is 3.31. The van der Waals surface area contributed by atoms with Crippen molar-refractivity contribution in [1.29, 1.82) is 0 Å². The molecule has 5 heteroatoms. The number of nitrogens with zero attached hydrogens (tertiary/aromatic N) is 1. The molecule has 2 nitrogen and oxygen atoms in total. The van der Waals surface area contributed by atoms with E-state index in [1.807, 2.05) is 18.2 Å². The Balaban J connectivity index is 2.53. The Morgan fingerprint density at radius 3 is 2.38 bits per heavy atom. The van der Waals surface area contributed by atoms with E-state index in [4.69, 9.17) is 0 Å². The maximum absolute atomic E-state index is 12.9. The number of carbonyl (C=O) groups excluding carboxylic acids is 1. The van der Waals surface area contributed by atoms with Crippen LogP contribution < -0.4 is 4.90 Å². The number of likely N-dealkylation sites (N-methyl/N-ethyl adjacent to an activating group) is 1. The maximum atomic E-state index is 12.9. The van der Waals surface area contributed by atoms with Gasteiger partial charge < -0.3 is 4.90 Å². The van der Waals surface area contributed by atoms with Gasteiger partial charge in [-0.25, -0.2) is 0 Å². The van der Waals surface area contributed by atoms with Crippen LogP contribution in [0.15, 0.2) is 61.2 Å². The van der Waals surface area contributed by atoms with Crippen LogP contribution in [-0.2, 0) is 11.0 Å². The van der Waals surface area contributed by atoms with Crippen LogP contribution in [0.1, 0.15) is 16.7 Å². The van der Waals surface area contributed by atoms with E-state index in [1.165, 1.54) is 13.1 Å². The monoisotopic (exact) mass is 329 g/mol. The molecule has 1 amide bonds. The third kappa shape index (κ3) is 4.05. The Bertz CT molecular complexity index is 814. The minimum Gasteiger partial charge on any atom is -0.311 e. The summed E-state index contributed by atoms with van der Waals surface area (Å²) in [5.74, 6) is 5.18. The second kappa shape index (κ2) is 7.05. The molecule has 0 radical (unpaired) electrons. The van der Waals surface area contributed by atoms with Gasteiger partial charge in [0.1, 0.15) is 0 Å². The molecule has 0 spiro atoms. The van der Waals surface area contributed by atoms with Crippen molar-refractivity contribution in [3.8, 4) is 11.8 Å². The molecule has 0 aromatic heterocycles. The van der Waals surface area contributed by atoms with Crippen LogP contribution in [0.5, 0.6) is 0 Å². The highest BCUT2D eigenvalue weighted by molar-refractivity contribution is 6.01. The number of alkyl halides is 3. The zero-order valence-electron chi connectivity index (χ0n) is 12.9. The van der Waals surface area contributed by atoms with Crippen molar-refractivity contribution in [3.63, 3.8) is 0 Å². The van der Waals surface area contributed by atoms with Crippen molar-refractivity contribution in [2.45, 2.75) is 6.18 Å². The van der Waals surface area contributed by atoms with E-state index in [2.05, 4.69) is 18.4 Å². The molecule has 0 saturated heterocycles. The van der Waals surface area contributed by atoms with Gasteiger partial charge in [-0.1, -0.05) is 36.6 Å². The molecule has 0 atom stereocenters. The lowest BCUT2D eigenvalue weighted by atomic mass is 10.1. The molecule has 2 aromatic rings. The van der Waals surface area contributed by atoms with Crippen molar-refractivity contribution >= 4 is 11.6 Å². The molecular weight excluding hydrogens is 315 g/mol. The van der Waals surface area contributed by atoms with Gasteiger partial charge in [-0.05, 0) is 36.4 Å². The van der Waals surface area contributed by atoms with E-state index < -0.39 is 17.6 Å². The molecule has 122 valence electrons. The fourth-order valence-electron chi connectivity index (χ4n) is 2.01. The predicted molar refractivity (Wildman–Crippen MR) is 87.5 cm³/mol. The van der Waals surface area contributed by atoms with Gasteiger partial charge in [0.15, 0.2) is 0 Å². The molecule has 0 unspecified atom stereocenters. The molecule has 0 bridgehead atoms. The van der Waals surface area contributed by atoms with Gasteiger partial charge in [0.25, 0.3) is 0 Å². The molecule has 0 heterocycles. The van der Waals surface area contributed by atoms with Crippen LogP contribution in [0.2, 0.25) is 0 Å². The molecule has 2 aromatic carbocycles. The minimum absolute atomic E-state index is 0.0816. The summed E-state index contributed by atoms with van der Waals surface area (Å²) in [6.45, 7) is 3.35. The van der Waals surface area contributed by atoms with Crippen LogP contribution in [0.3, 0.4) is 0 Å². The molecule has 24 heavy (non-hydrogen) atoms. The fourth-order valence-corrected chi connectivity index (χ4v) is 2.01. The quantitative estimate of drug-likeness (QED) is 0.596. The number of anilines is 1. The third-order valence-corrected chi connectivity index (χ3v) is 3.31. The van der Waals surface area contributed by atoms with Gasteiger partial charge in [0.2, 0.25) is 5.91 Å². The number of halogens is 3. The summed E-state index contributed by atoms with van der Waals surface area (Å²) in [6, 6.07) is 12.2. The van der Waals surface area contributed by atoms with Crippen molar-refractivity contribution < 1.29 is 18.0 Å². The van der Waals surface area contributed by atoms with Gasteiger partial charge in [0, 0.05) is 18.2 Å². The van der Waals surface area contributed by atoms with Crippen LogP contribution >= 0.6 is 0 Å². The lowest BCUT2D eigenvalue weighted by Gasteiger charge is -2.19. The van der Waals surface area contributed by atoms with Crippen molar-refractivity contribution in [1.82, 2.24) is 0 Å². The zero-order chi connectivity index (χ0) is 17.7. The lowest BCUT2D eigenvalue weighted by Crippen LogP contribution is -2.25. The molecular formula is C19H14F3NO. The first kappa shape index (κ1) is 17.4. The Kier molecular flexibility index (Phi) is 5.10. The molecule has 0 aliphatic carbocycles. The molecule has 0 aliphatic rings. The first-order chi connectivity index (χ1) is 11.3. The van der Waals surface area contributed by atoms with Gasteiger partial charge in [-0.2, -0.15) is 13.2 Å². The normalized spacial score (nSPS) is 10.5. The smallest absolute Gasteiger partial charge is 0.311 e. The number of carbonyl (C=O) groups is 1. The van der Waals surface area contributed by atoms with E-state index >= 15 is 0 Å². The van der Waals surface area contributed by atoms with Gasteiger partial charge in [-0.3, -0.25) is 4.79 Å². The molecule has 0 fully saturated rings. The lowest BCUT2D eigenvalue weighted by molar-refractivity contribution is -0.137. The second-order valence-electron chi connectivity index (χ2n) is 4.95. The summed E-state index contributed by atoms with van der Waals surface area (Å²) in [5, 5.41) is 0. The molecule has 0 N–H and O–H groups in total. The summed E-state index contributed by atoms with van der Waals surface area (Å²) in [4.78, 5) is 12.9.